The molecule has 13 heteroatoms. The van der Waals surface area contributed by atoms with Crippen LogP contribution in [-0.4, -0.2) is 57.6 Å². The zero-order valence-electron chi connectivity index (χ0n) is 17.4. The van der Waals surface area contributed by atoms with E-state index in [-0.39, 0.29) is 0 Å². The van der Waals surface area contributed by atoms with Crippen molar-refractivity contribution < 1.29 is 48.6 Å². The molecule has 0 bridgehead atoms. The van der Waals surface area contributed by atoms with Gasteiger partial charge in [0.25, 0.3) is 0 Å². The molecule has 0 unspecified atom stereocenters. The van der Waals surface area contributed by atoms with Gasteiger partial charge in [0.1, 0.15) is 24.4 Å². The summed E-state index contributed by atoms with van der Waals surface area (Å²) in [7, 11) is -7.91. The van der Waals surface area contributed by atoms with Crippen molar-refractivity contribution in [1.29, 1.82) is 0 Å². The summed E-state index contributed by atoms with van der Waals surface area (Å²) in [6.07, 6.45) is 22.7. The van der Waals surface area contributed by atoms with Gasteiger partial charge in [-0.05, 0) is 0 Å². The number of hydrogen-bond acceptors (Lipinski definition) is 9. The normalized spacial score (nSPS) is 19.1. The fourth-order valence-corrected chi connectivity index (χ4v) is 4.18. The minimum atomic E-state index is -3.95. The van der Waals surface area contributed by atoms with Crippen molar-refractivity contribution in [2.75, 3.05) is 0 Å². The molecular formula is C21H22O11S2. The van der Waals surface area contributed by atoms with E-state index in [4.69, 9.17) is 31.7 Å². The first-order valence-corrected chi connectivity index (χ1v) is 12.3. The van der Waals surface area contributed by atoms with Gasteiger partial charge in [0.15, 0.2) is 0 Å². The van der Waals surface area contributed by atoms with Crippen LogP contribution in [0.2, 0.25) is 0 Å². The molecule has 0 aromatic carbocycles. The highest BCUT2D eigenvalue weighted by Gasteiger charge is 2.22. The van der Waals surface area contributed by atoms with Gasteiger partial charge in [0, 0.05) is 0 Å². The SMILES string of the molecule is O=C(O)O.O=S(=O)(OC1C=CC=C1)OC1C=CC=C1.O=S(=O)(OC1C=CC=C1)OC1C=CC=C1. The third-order valence-corrected chi connectivity index (χ3v) is 5.60. The highest BCUT2D eigenvalue weighted by molar-refractivity contribution is 7.82. The summed E-state index contributed by atoms with van der Waals surface area (Å²) in [5.74, 6) is 0. The fourth-order valence-electron chi connectivity index (χ4n) is 2.49. The van der Waals surface area contributed by atoms with E-state index in [2.05, 4.69) is 0 Å². The third-order valence-electron chi connectivity index (χ3n) is 3.77. The van der Waals surface area contributed by atoms with Gasteiger partial charge in [-0.3, -0.25) is 0 Å². The van der Waals surface area contributed by atoms with Crippen molar-refractivity contribution in [2.45, 2.75) is 24.4 Å². The number of rotatable bonds is 8. The zero-order chi connectivity index (χ0) is 25.0. The van der Waals surface area contributed by atoms with Gasteiger partial charge in [-0.15, -0.1) is 0 Å². The van der Waals surface area contributed by atoms with Crippen molar-refractivity contribution in [2.24, 2.45) is 0 Å². The van der Waals surface area contributed by atoms with Crippen LogP contribution in [0, 0.1) is 0 Å². The molecule has 0 aromatic rings. The average Bonchev–Trinajstić information content (AvgIpc) is 3.50. The van der Waals surface area contributed by atoms with Crippen LogP contribution in [0.4, 0.5) is 4.79 Å². The second-order valence-corrected chi connectivity index (χ2v) is 8.82. The first-order chi connectivity index (χ1) is 16.0. The molecule has 0 aromatic heterocycles. The Kier molecular flexibility index (Phi) is 10.4. The van der Waals surface area contributed by atoms with Crippen LogP contribution < -0.4 is 0 Å². The molecular weight excluding hydrogens is 492 g/mol. The van der Waals surface area contributed by atoms with Crippen LogP contribution in [-0.2, 0) is 37.5 Å². The Bertz CT molecular complexity index is 943. The van der Waals surface area contributed by atoms with E-state index < -0.39 is 51.4 Å². The second-order valence-electron chi connectivity index (χ2n) is 6.42. The first-order valence-electron chi connectivity index (χ1n) is 9.59. The van der Waals surface area contributed by atoms with E-state index in [0.717, 1.165) is 0 Å². The summed E-state index contributed by atoms with van der Waals surface area (Å²) in [4.78, 5) is 8.56. The standard InChI is InChI=1S/2C10H10O4S.CH2O3/c2*11-15(12,13-9-5-1-2-6-9)14-10-7-3-4-8-10;2-1(3)4/h2*1-10H;(H2,2,3,4). The summed E-state index contributed by atoms with van der Waals surface area (Å²) in [6.45, 7) is 0. The number of allylic oxidation sites excluding steroid dienone is 8. The van der Waals surface area contributed by atoms with E-state index in [1.807, 2.05) is 0 Å². The topological polar surface area (TPSA) is 163 Å². The zero-order valence-corrected chi connectivity index (χ0v) is 19.1. The Morgan fingerprint density at radius 2 is 0.618 bits per heavy atom. The number of hydrogen-bond donors (Lipinski definition) is 2. The van der Waals surface area contributed by atoms with E-state index in [9.17, 15) is 16.8 Å². The third kappa shape index (κ3) is 11.2. The molecule has 0 spiro atoms. The van der Waals surface area contributed by atoms with Crippen molar-refractivity contribution in [3.05, 3.63) is 97.2 Å². The lowest BCUT2D eigenvalue weighted by Crippen LogP contribution is -2.20. The van der Waals surface area contributed by atoms with E-state index in [1.165, 1.54) is 0 Å². The van der Waals surface area contributed by atoms with E-state index in [0.29, 0.717) is 0 Å². The largest absolute Gasteiger partial charge is 0.503 e. The summed E-state index contributed by atoms with van der Waals surface area (Å²) in [6, 6.07) is 0. The van der Waals surface area contributed by atoms with Crippen molar-refractivity contribution in [3.63, 3.8) is 0 Å². The summed E-state index contributed by atoms with van der Waals surface area (Å²) in [5.41, 5.74) is 0. The molecule has 0 aliphatic heterocycles. The minimum absolute atomic E-state index is 0.552. The second kappa shape index (κ2) is 13.0. The van der Waals surface area contributed by atoms with Crippen LogP contribution in [0.1, 0.15) is 0 Å². The Hall–Kier alpha value is -3.07. The van der Waals surface area contributed by atoms with Crippen molar-refractivity contribution in [1.82, 2.24) is 0 Å². The molecule has 11 nitrogen and oxygen atoms in total. The first kappa shape index (κ1) is 27.2. The smallest absolute Gasteiger partial charge is 0.450 e. The Balaban J connectivity index is 0.000000208. The van der Waals surface area contributed by atoms with Crippen molar-refractivity contribution in [3.8, 4) is 0 Å². The van der Waals surface area contributed by atoms with Crippen molar-refractivity contribution >= 4 is 27.0 Å². The van der Waals surface area contributed by atoms with Crippen LogP contribution >= 0.6 is 0 Å². The highest BCUT2D eigenvalue weighted by atomic mass is 32.3. The lowest BCUT2D eigenvalue weighted by atomic mass is 10.4. The molecule has 4 aliphatic carbocycles. The maximum absolute atomic E-state index is 11.4. The Morgan fingerprint density at radius 1 is 0.471 bits per heavy atom. The highest BCUT2D eigenvalue weighted by Crippen LogP contribution is 2.15. The summed E-state index contributed by atoms with van der Waals surface area (Å²) >= 11 is 0. The monoisotopic (exact) mass is 514 g/mol. The molecule has 4 aliphatic rings. The van der Waals surface area contributed by atoms with Crippen LogP contribution in [0.25, 0.3) is 0 Å². The molecule has 0 saturated heterocycles. The Labute approximate surface area is 197 Å². The molecule has 0 radical (unpaired) electrons. The van der Waals surface area contributed by atoms with Crippen LogP contribution in [0.5, 0.6) is 0 Å². The van der Waals surface area contributed by atoms with Gasteiger partial charge < -0.3 is 10.2 Å². The predicted molar refractivity (Wildman–Crippen MR) is 121 cm³/mol. The molecule has 2 N–H and O–H groups in total. The lowest BCUT2D eigenvalue weighted by Gasteiger charge is -2.10. The van der Waals surface area contributed by atoms with Gasteiger partial charge in [0.05, 0.1) is 0 Å². The quantitative estimate of drug-likeness (QED) is 0.489. The molecule has 0 fully saturated rings. The minimum Gasteiger partial charge on any atom is -0.450 e. The van der Waals surface area contributed by atoms with Gasteiger partial charge in [0.2, 0.25) is 0 Å². The molecule has 4 rings (SSSR count). The van der Waals surface area contributed by atoms with Gasteiger partial charge >= 0.3 is 27.0 Å². The number of carboxylic acid groups (broad SMARTS) is 2. The summed E-state index contributed by atoms with van der Waals surface area (Å²) < 4.78 is 64.5. The van der Waals surface area contributed by atoms with E-state index >= 15 is 0 Å². The van der Waals surface area contributed by atoms with Crippen LogP contribution in [0.3, 0.4) is 0 Å². The maximum atomic E-state index is 11.4. The molecule has 0 heterocycles. The number of carbonyl (C=O) groups is 1. The fraction of sp³-hybridized carbons (Fsp3) is 0.190. The molecule has 34 heavy (non-hydrogen) atoms. The van der Waals surface area contributed by atoms with Gasteiger partial charge in [-0.25, -0.2) is 21.5 Å². The summed E-state index contributed by atoms with van der Waals surface area (Å²) in [5, 5.41) is 13.9. The average molecular weight is 515 g/mol. The molecule has 0 atom stereocenters. The lowest BCUT2D eigenvalue weighted by molar-refractivity contribution is 0.136. The maximum Gasteiger partial charge on any atom is 0.503 e. The Morgan fingerprint density at radius 3 is 0.765 bits per heavy atom. The molecule has 184 valence electrons. The van der Waals surface area contributed by atoms with Gasteiger partial charge in [-0.2, -0.15) is 16.8 Å². The van der Waals surface area contributed by atoms with Crippen LogP contribution in [0.15, 0.2) is 97.2 Å². The van der Waals surface area contributed by atoms with Gasteiger partial charge in [-0.1, -0.05) is 97.2 Å². The molecule has 0 saturated carbocycles. The molecule has 0 amide bonds. The predicted octanol–water partition coefficient (Wildman–Crippen LogP) is 2.73. The van der Waals surface area contributed by atoms with E-state index in [1.54, 1.807) is 97.2 Å².